The zero-order chi connectivity index (χ0) is 14.7. The summed E-state index contributed by atoms with van der Waals surface area (Å²) in [6.07, 6.45) is 0. The van der Waals surface area contributed by atoms with Gasteiger partial charge in [-0.05, 0) is 30.7 Å². The minimum Gasteiger partial charge on any atom is -0.478 e. The van der Waals surface area contributed by atoms with Crippen LogP contribution in [0.4, 0.5) is 5.69 Å². The number of H-pyrrole nitrogens is 1. The number of carboxylic acid groups (broad SMARTS) is 1. The standard InChI is InChI=1S/C13H11N3O4/c1-7-2-3-8(13(19)20)6-10(7)14-12(18)9-4-5-11(17)16-15-9/h2-6H,1H3,(H,14,18)(H,16,17)(H,19,20). The van der Waals surface area contributed by atoms with Crippen LogP contribution in [0.15, 0.2) is 35.1 Å². The molecule has 2 rings (SSSR count). The SMILES string of the molecule is Cc1ccc(C(=O)O)cc1NC(=O)c1ccc(=O)[nH]n1. The number of benzene rings is 1. The first-order valence-corrected chi connectivity index (χ1v) is 5.68. The Bertz CT molecular complexity index is 716. The lowest BCUT2D eigenvalue weighted by atomic mass is 10.1. The average molecular weight is 273 g/mol. The van der Waals surface area contributed by atoms with E-state index in [1.807, 2.05) is 0 Å². The maximum atomic E-state index is 11.9. The number of aryl methyl sites for hydroxylation is 1. The summed E-state index contributed by atoms with van der Waals surface area (Å²) in [6, 6.07) is 6.87. The molecule has 0 aliphatic heterocycles. The largest absolute Gasteiger partial charge is 0.478 e. The van der Waals surface area contributed by atoms with E-state index in [1.54, 1.807) is 13.0 Å². The lowest BCUT2D eigenvalue weighted by Gasteiger charge is -2.08. The minimum absolute atomic E-state index is 0.0322. The molecule has 0 saturated carbocycles. The molecule has 2 aromatic rings. The molecule has 1 amide bonds. The van der Waals surface area contributed by atoms with Crippen LogP contribution in [0.1, 0.15) is 26.4 Å². The predicted molar refractivity (Wildman–Crippen MR) is 70.9 cm³/mol. The number of carboxylic acids is 1. The molecule has 102 valence electrons. The Morgan fingerprint density at radius 1 is 1.25 bits per heavy atom. The number of carbonyl (C=O) groups is 2. The predicted octanol–water partition coefficient (Wildman–Crippen LogP) is 1.03. The summed E-state index contributed by atoms with van der Waals surface area (Å²) in [5, 5.41) is 17.2. The summed E-state index contributed by atoms with van der Waals surface area (Å²) in [7, 11) is 0. The van der Waals surface area contributed by atoms with Gasteiger partial charge in [-0.1, -0.05) is 6.07 Å². The second kappa shape index (κ2) is 5.35. The number of nitrogens with zero attached hydrogens (tertiary/aromatic N) is 1. The number of hydrogen-bond donors (Lipinski definition) is 3. The summed E-state index contributed by atoms with van der Waals surface area (Å²) in [6.45, 7) is 1.74. The fraction of sp³-hybridized carbons (Fsp3) is 0.0769. The van der Waals surface area contributed by atoms with Crippen LogP contribution in [-0.4, -0.2) is 27.2 Å². The van der Waals surface area contributed by atoms with Crippen molar-refractivity contribution < 1.29 is 14.7 Å². The van der Waals surface area contributed by atoms with E-state index < -0.39 is 17.4 Å². The molecule has 7 nitrogen and oxygen atoms in total. The Morgan fingerprint density at radius 3 is 2.60 bits per heavy atom. The highest BCUT2D eigenvalue weighted by Crippen LogP contribution is 2.17. The van der Waals surface area contributed by atoms with Crippen LogP contribution in [0.2, 0.25) is 0 Å². The Balaban J connectivity index is 2.27. The summed E-state index contributed by atoms with van der Waals surface area (Å²) in [5.41, 5.74) is 0.784. The molecule has 0 saturated heterocycles. The van der Waals surface area contributed by atoms with Crippen LogP contribution in [-0.2, 0) is 0 Å². The van der Waals surface area contributed by atoms with Gasteiger partial charge in [-0.3, -0.25) is 9.59 Å². The average Bonchev–Trinajstić information content (AvgIpc) is 2.41. The van der Waals surface area contributed by atoms with Crippen molar-refractivity contribution in [2.45, 2.75) is 6.92 Å². The van der Waals surface area contributed by atoms with Crippen LogP contribution in [0.3, 0.4) is 0 Å². The van der Waals surface area contributed by atoms with E-state index in [4.69, 9.17) is 5.11 Å². The summed E-state index contributed by atoms with van der Waals surface area (Å²) < 4.78 is 0. The third-order valence-corrected chi connectivity index (χ3v) is 2.64. The number of rotatable bonds is 3. The first kappa shape index (κ1) is 13.5. The van der Waals surface area contributed by atoms with Gasteiger partial charge in [0.15, 0.2) is 0 Å². The van der Waals surface area contributed by atoms with Gasteiger partial charge in [0.25, 0.3) is 11.5 Å². The van der Waals surface area contributed by atoms with Gasteiger partial charge in [-0.25, -0.2) is 9.89 Å². The molecule has 0 atom stereocenters. The van der Waals surface area contributed by atoms with E-state index in [2.05, 4.69) is 15.5 Å². The Hall–Kier alpha value is -2.96. The molecule has 0 aliphatic rings. The van der Waals surface area contributed by atoms with E-state index in [1.165, 1.54) is 24.3 Å². The van der Waals surface area contributed by atoms with Crippen molar-refractivity contribution in [2.24, 2.45) is 0 Å². The number of anilines is 1. The molecule has 20 heavy (non-hydrogen) atoms. The first-order valence-electron chi connectivity index (χ1n) is 5.68. The van der Waals surface area contributed by atoms with E-state index in [0.29, 0.717) is 11.3 Å². The fourth-order valence-electron chi connectivity index (χ4n) is 1.55. The zero-order valence-electron chi connectivity index (χ0n) is 10.5. The maximum absolute atomic E-state index is 11.9. The van der Waals surface area contributed by atoms with Crippen molar-refractivity contribution >= 4 is 17.6 Å². The first-order chi connectivity index (χ1) is 9.47. The lowest BCUT2D eigenvalue weighted by molar-refractivity contribution is 0.0696. The molecule has 1 aromatic heterocycles. The molecule has 0 spiro atoms. The van der Waals surface area contributed by atoms with E-state index >= 15 is 0 Å². The second-order valence-corrected chi connectivity index (χ2v) is 4.10. The molecule has 1 aromatic carbocycles. The number of aromatic amines is 1. The highest BCUT2D eigenvalue weighted by atomic mass is 16.4. The van der Waals surface area contributed by atoms with Crippen molar-refractivity contribution in [3.05, 3.63) is 57.5 Å². The fourth-order valence-corrected chi connectivity index (χ4v) is 1.55. The quantitative estimate of drug-likeness (QED) is 0.773. The molecule has 0 radical (unpaired) electrons. The highest BCUT2D eigenvalue weighted by molar-refractivity contribution is 6.03. The Morgan fingerprint density at radius 2 is 2.00 bits per heavy atom. The molecular weight excluding hydrogens is 262 g/mol. The van der Waals surface area contributed by atoms with E-state index in [9.17, 15) is 14.4 Å². The number of hydrogen-bond acceptors (Lipinski definition) is 4. The number of nitrogens with one attached hydrogen (secondary N) is 2. The molecule has 0 aliphatic carbocycles. The van der Waals surface area contributed by atoms with Gasteiger partial charge >= 0.3 is 5.97 Å². The second-order valence-electron chi connectivity index (χ2n) is 4.10. The summed E-state index contributed by atoms with van der Waals surface area (Å²) in [5.74, 6) is -1.62. The van der Waals surface area contributed by atoms with Crippen LogP contribution in [0, 0.1) is 6.92 Å². The van der Waals surface area contributed by atoms with E-state index in [0.717, 1.165) is 0 Å². The number of aromatic carboxylic acids is 1. The summed E-state index contributed by atoms with van der Waals surface area (Å²) >= 11 is 0. The Kier molecular flexibility index (Phi) is 3.60. The van der Waals surface area contributed by atoms with Crippen molar-refractivity contribution in [1.82, 2.24) is 10.2 Å². The molecule has 7 heteroatoms. The van der Waals surface area contributed by atoms with Gasteiger partial charge in [0.2, 0.25) is 0 Å². The van der Waals surface area contributed by atoms with Crippen molar-refractivity contribution in [3.63, 3.8) is 0 Å². The van der Waals surface area contributed by atoms with Crippen LogP contribution in [0.25, 0.3) is 0 Å². The summed E-state index contributed by atoms with van der Waals surface area (Å²) in [4.78, 5) is 33.7. The minimum atomic E-state index is -1.08. The van der Waals surface area contributed by atoms with Gasteiger partial charge < -0.3 is 10.4 Å². The van der Waals surface area contributed by atoms with Crippen LogP contribution in [0.5, 0.6) is 0 Å². The molecular formula is C13H11N3O4. The van der Waals surface area contributed by atoms with Crippen molar-refractivity contribution in [1.29, 1.82) is 0 Å². The highest BCUT2D eigenvalue weighted by Gasteiger charge is 2.11. The van der Waals surface area contributed by atoms with Gasteiger partial charge in [0.05, 0.1) is 5.56 Å². The topological polar surface area (TPSA) is 112 Å². The normalized spacial score (nSPS) is 10.1. The van der Waals surface area contributed by atoms with Gasteiger partial charge in [-0.2, -0.15) is 5.10 Å². The molecule has 1 heterocycles. The molecule has 0 unspecified atom stereocenters. The number of aromatic nitrogens is 2. The Labute approximate surface area is 113 Å². The van der Waals surface area contributed by atoms with Crippen molar-refractivity contribution in [2.75, 3.05) is 5.32 Å². The molecule has 0 fully saturated rings. The lowest BCUT2D eigenvalue weighted by Crippen LogP contribution is -2.18. The number of carbonyl (C=O) groups excluding carboxylic acids is 1. The maximum Gasteiger partial charge on any atom is 0.335 e. The third kappa shape index (κ3) is 2.89. The van der Waals surface area contributed by atoms with E-state index in [-0.39, 0.29) is 11.3 Å². The van der Waals surface area contributed by atoms with Gasteiger partial charge in [-0.15, -0.1) is 0 Å². The smallest absolute Gasteiger partial charge is 0.335 e. The third-order valence-electron chi connectivity index (χ3n) is 2.64. The monoisotopic (exact) mass is 273 g/mol. The van der Waals surface area contributed by atoms with Crippen LogP contribution >= 0.6 is 0 Å². The van der Waals surface area contributed by atoms with Crippen LogP contribution < -0.4 is 10.9 Å². The molecule has 3 N–H and O–H groups in total. The zero-order valence-corrected chi connectivity index (χ0v) is 10.5. The number of amides is 1. The van der Waals surface area contributed by atoms with Gasteiger partial charge in [0.1, 0.15) is 5.69 Å². The van der Waals surface area contributed by atoms with Crippen molar-refractivity contribution in [3.8, 4) is 0 Å². The molecule has 0 bridgehead atoms. The van der Waals surface area contributed by atoms with Gasteiger partial charge in [0, 0.05) is 11.8 Å².